The lowest BCUT2D eigenvalue weighted by Crippen LogP contribution is -2.15. The lowest BCUT2D eigenvalue weighted by molar-refractivity contribution is 0.680. The molecule has 1 N–H and O–H groups in total. The minimum Gasteiger partial charge on any atom is -0.310 e. The second kappa shape index (κ2) is 6.79. The van der Waals surface area contributed by atoms with Gasteiger partial charge in [0.1, 0.15) is 0 Å². The molecular formula is C17H18BrNS. The quantitative estimate of drug-likeness (QED) is 0.738. The second-order valence-electron chi connectivity index (χ2n) is 5.18. The highest BCUT2D eigenvalue weighted by Gasteiger charge is 2.20. The maximum absolute atomic E-state index is 3.60. The number of nitrogens with one attached hydrogen (secondary N) is 1. The van der Waals surface area contributed by atoms with Gasteiger partial charge in [-0.1, -0.05) is 46.3 Å². The van der Waals surface area contributed by atoms with Gasteiger partial charge < -0.3 is 5.32 Å². The van der Waals surface area contributed by atoms with Crippen molar-refractivity contribution in [1.29, 1.82) is 0 Å². The zero-order chi connectivity index (χ0) is 13.8. The van der Waals surface area contributed by atoms with E-state index in [-0.39, 0.29) is 0 Å². The first-order chi connectivity index (χ1) is 9.81. The highest BCUT2D eigenvalue weighted by molar-refractivity contribution is 9.10. The van der Waals surface area contributed by atoms with E-state index in [1.165, 1.54) is 28.9 Å². The van der Waals surface area contributed by atoms with Crippen molar-refractivity contribution in [2.75, 3.05) is 0 Å². The first kappa shape index (κ1) is 14.2. The molecule has 0 spiro atoms. The lowest BCUT2D eigenvalue weighted by Gasteiger charge is -2.11. The highest BCUT2D eigenvalue weighted by Crippen LogP contribution is 2.29. The molecule has 20 heavy (non-hydrogen) atoms. The van der Waals surface area contributed by atoms with Crippen LogP contribution >= 0.6 is 27.7 Å². The summed E-state index contributed by atoms with van der Waals surface area (Å²) < 4.78 is 1.16. The van der Waals surface area contributed by atoms with E-state index >= 15 is 0 Å². The molecular weight excluding hydrogens is 330 g/mol. The summed E-state index contributed by atoms with van der Waals surface area (Å²) in [6, 6.07) is 18.0. The van der Waals surface area contributed by atoms with Crippen LogP contribution in [0, 0.1) is 0 Å². The van der Waals surface area contributed by atoms with Gasteiger partial charge in [-0.3, -0.25) is 0 Å². The van der Waals surface area contributed by atoms with Crippen molar-refractivity contribution in [1.82, 2.24) is 5.32 Å². The lowest BCUT2D eigenvalue weighted by atomic mass is 10.2. The standard InChI is InChI=1S/C17H18BrNS/c18-15-6-9-17(14(10-15)11-19-16-7-8-16)20-12-13-4-2-1-3-5-13/h1-6,9-10,16,19H,7-8,11-12H2. The predicted octanol–water partition coefficient (Wildman–Crippen LogP) is 4.99. The predicted molar refractivity (Wildman–Crippen MR) is 90.0 cm³/mol. The molecule has 0 amide bonds. The summed E-state index contributed by atoms with van der Waals surface area (Å²) in [5.41, 5.74) is 2.77. The van der Waals surface area contributed by atoms with Gasteiger partial charge in [0.25, 0.3) is 0 Å². The van der Waals surface area contributed by atoms with Crippen molar-refractivity contribution < 1.29 is 0 Å². The van der Waals surface area contributed by atoms with Gasteiger partial charge in [-0.05, 0) is 42.2 Å². The first-order valence-electron chi connectivity index (χ1n) is 7.00. The van der Waals surface area contributed by atoms with Crippen LogP contribution in [0.5, 0.6) is 0 Å². The van der Waals surface area contributed by atoms with Gasteiger partial charge in [-0.25, -0.2) is 0 Å². The number of rotatable bonds is 6. The van der Waals surface area contributed by atoms with E-state index in [9.17, 15) is 0 Å². The van der Waals surface area contributed by atoms with Crippen LogP contribution in [0.1, 0.15) is 24.0 Å². The third-order valence-corrected chi connectivity index (χ3v) is 5.10. The molecule has 0 heterocycles. The molecule has 2 aromatic rings. The fourth-order valence-corrected chi connectivity index (χ4v) is 3.51. The zero-order valence-corrected chi connectivity index (χ0v) is 13.7. The van der Waals surface area contributed by atoms with Gasteiger partial charge in [-0.2, -0.15) is 0 Å². The number of hydrogen-bond acceptors (Lipinski definition) is 2. The number of hydrogen-bond donors (Lipinski definition) is 1. The Bertz CT molecular complexity index is 566. The van der Waals surface area contributed by atoms with Crippen molar-refractivity contribution in [2.45, 2.75) is 36.1 Å². The molecule has 3 rings (SSSR count). The van der Waals surface area contributed by atoms with Crippen LogP contribution in [0.2, 0.25) is 0 Å². The number of halogens is 1. The third-order valence-electron chi connectivity index (χ3n) is 3.42. The summed E-state index contributed by atoms with van der Waals surface area (Å²) in [5, 5.41) is 3.60. The Labute approximate surface area is 133 Å². The summed E-state index contributed by atoms with van der Waals surface area (Å²) in [6.45, 7) is 0.973. The van der Waals surface area contributed by atoms with Gasteiger partial charge in [0, 0.05) is 27.7 Å². The smallest absolute Gasteiger partial charge is 0.0232 e. The van der Waals surface area contributed by atoms with Crippen molar-refractivity contribution in [2.24, 2.45) is 0 Å². The molecule has 0 unspecified atom stereocenters. The number of benzene rings is 2. The van der Waals surface area contributed by atoms with Gasteiger partial charge in [-0.15, -0.1) is 11.8 Å². The van der Waals surface area contributed by atoms with E-state index in [1.54, 1.807) is 0 Å². The topological polar surface area (TPSA) is 12.0 Å². The van der Waals surface area contributed by atoms with Crippen molar-refractivity contribution >= 4 is 27.7 Å². The Morgan fingerprint density at radius 2 is 1.90 bits per heavy atom. The monoisotopic (exact) mass is 347 g/mol. The Morgan fingerprint density at radius 3 is 2.65 bits per heavy atom. The molecule has 0 saturated heterocycles. The molecule has 1 nitrogen and oxygen atoms in total. The third kappa shape index (κ3) is 4.11. The van der Waals surface area contributed by atoms with Gasteiger partial charge >= 0.3 is 0 Å². The van der Waals surface area contributed by atoms with Crippen LogP contribution in [0.25, 0.3) is 0 Å². The maximum Gasteiger partial charge on any atom is 0.0232 e. The summed E-state index contributed by atoms with van der Waals surface area (Å²) >= 11 is 5.50. The van der Waals surface area contributed by atoms with E-state index in [0.29, 0.717) is 0 Å². The van der Waals surface area contributed by atoms with Crippen LogP contribution in [0.4, 0.5) is 0 Å². The van der Waals surface area contributed by atoms with E-state index in [4.69, 9.17) is 0 Å². The van der Waals surface area contributed by atoms with E-state index in [2.05, 4.69) is 69.8 Å². The van der Waals surface area contributed by atoms with Crippen LogP contribution in [-0.4, -0.2) is 6.04 Å². The molecule has 104 valence electrons. The zero-order valence-electron chi connectivity index (χ0n) is 11.3. The molecule has 0 aliphatic heterocycles. The normalized spacial score (nSPS) is 14.4. The molecule has 1 saturated carbocycles. The molecule has 0 radical (unpaired) electrons. The van der Waals surface area contributed by atoms with Crippen LogP contribution in [0.15, 0.2) is 57.9 Å². The Hall–Kier alpha value is -0.770. The molecule has 0 atom stereocenters. The second-order valence-corrected chi connectivity index (χ2v) is 7.11. The fourth-order valence-electron chi connectivity index (χ4n) is 2.10. The average molecular weight is 348 g/mol. The summed E-state index contributed by atoms with van der Waals surface area (Å²) in [5.74, 6) is 1.03. The Kier molecular flexibility index (Phi) is 4.81. The Morgan fingerprint density at radius 1 is 1.10 bits per heavy atom. The Balaban J connectivity index is 1.67. The summed E-state index contributed by atoms with van der Waals surface area (Å²) in [7, 11) is 0. The van der Waals surface area contributed by atoms with Crippen molar-refractivity contribution in [3.05, 3.63) is 64.1 Å². The fraction of sp³-hybridized carbons (Fsp3) is 0.294. The van der Waals surface area contributed by atoms with Gasteiger partial charge in [0.2, 0.25) is 0 Å². The van der Waals surface area contributed by atoms with Gasteiger partial charge in [0.15, 0.2) is 0 Å². The molecule has 1 fully saturated rings. The average Bonchev–Trinajstić information content (AvgIpc) is 3.29. The minimum atomic E-state index is 0.751. The first-order valence-corrected chi connectivity index (χ1v) is 8.77. The minimum absolute atomic E-state index is 0.751. The molecule has 0 bridgehead atoms. The largest absolute Gasteiger partial charge is 0.310 e. The van der Waals surface area contributed by atoms with Crippen molar-refractivity contribution in [3.8, 4) is 0 Å². The maximum atomic E-state index is 3.60. The van der Waals surface area contributed by atoms with E-state index < -0.39 is 0 Å². The summed E-state index contributed by atoms with van der Waals surface area (Å²) in [4.78, 5) is 1.38. The SMILES string of the molecule is Brc1ccc(SCc2ccccc2)c(CNC2CC2)c1. The summed E-state index contributed by atoms with van der Waals surface area (Å²) in [6.07, 6.45) is 2.67. The molecule has 2 aromatic carbocycles. The van der Waals surface area contributed by atoms with E-state index in [1.807, 2.05) is 11.8 Å². The molecule has 0 aromatic heterocycles. The van der Waals surface area contributed by atoms with E-state index in [0.717, 1.165) is 22.8 Å². The molecule has 1 aliphatic carbocycles. The molecule has 1 aliphatic rings. The van der Waals surface area contributed by atoms with Gasteiger partial charge in [0.05, 0.1) is 0 Å². The highest BCUT2D eigenvalue weighted by atomic mass is 79.9. The molecule has 3 heteroatoms. The van der Waals surface area contributed by atoms with Crippen molar-refractivity contribution in [3.63, 3.8) is 0 Å². The van der Waals surface area contributed by atoms with Crippen LogP contribution < -0.4 is 5.32 Å². The number of thioether (sulfide) groups is 1. The van der Waals surface area contributed by atoms with Crippen LogP contribution in [-0.2, 0) is 12.3 Å². The van der Waals surface area contributed by atoms with Crippen LogP contribution in [0.3, 0.4) is 0 Å².